The number of aliphatic hydroxyl groups is 1. The molecule has 0 rings (SSSR count). The van der Waals surface area contributed by atoms with Crippen LogP contribution >= 0.6 is 0 Å². The molecule has 0 spiro atoms. The van der Waals surface area contributed by atoms with E-state index in [9.17, 15) is 19.5 Å². The number of esters is 2. The average molecular weight is 649 g/mol. The molecule has 0 aliphatic heterocycles. The summed E-state index contributed by atoms with van der Waals surface area (Å²) in [5.74, 6) is 0.392. The Morgan fingerprint density at radius 3 is 1.65 bits per heavy atom. The third-order valence-corrected chi connectivity index (χ3v) is 8.40. The maximum Gasteiger partial charge on any atom is 0.306 e. The molecular formula is C40H72O6. The number of hydrogen-bond acceptors (Lipinski definition) is 6. The lowest BCUT2D eigenvalue weighted by molar-refractivity contribution is -0.161. The molecular weight excluding hydrogens is 576 g/mol. The topological polar surface area (TPSA) is 89.9 Å². The van der Waals surface area contributed by atoms with Crippen LogP contribution in [0.15, 0.2) is 24.3 Å². The molecule has 0 aliphatic carbocycles. The van der Waals surface area contributed by atoms with Crippen molar-refractivity contribution in [2.75, 3.05) is 13.2 Å². The van der Waals surface area contributed by atoms with Crippen LogP contribution in [0.5, 0.6) is 0 Å². The second kappa shape index (κ2) is 34.4. The highest BCUT2D eigenvalue weighted by molar-refractivity contribution is 5.89. The largest absolute Gasteiger partial charge is 0.462 e. The molecule has 0 aromatic heterocycles. The highest BCUT2D eigenvalue weighted by Gasteiger charge is 2.16. The predicted molar refractivity (Wildman–Crippen MR) is 192 cm³/mol. The first-order valence-electron chi connectivity index (χ1n) is 19.2. The molecule has 0 radical (unpaired) electrons. The van der Waals surface area contributed by atoms with Crippen molar-refractivity contribution in [3.8, 4) is 0 Å². The monoisotopic (exact) mass is 649 g/mol. The minimum Gasteiger partial charge on any atom is -0.462 e. The summed E-state index contributed by atoms with van der Waals surface area (Å²) >= 11 is 0. The molecule has 0 amide bonds. The Morgan fingerprint density at radius 2 is 1.11 bits per heavy atom. The van der Waals surface area contributed by atoms with Crippen molar-refractivity contribution in [2.24, 2.45) is 5.92 Å². The molecule has 1 atom stereocenters. The van der Waals surface area contributed by atoms with Crippen molar-refractivity contribution in [1.29, 1.82) is 0 Å². The van der Waals surface area contributed by atoms with Crippen LogP contribution in [0.25, 0.3) is 0 Å². The zero-order chi connectivity index (χ0) is 33.9. The summed E-state index contributed by atoms with van der Waals surface area (Å²) in [6.45, 7) is 6.30. The first-order valence-corrected chi connectivity index (χ1v) is 19.2. The lowest BCUT2D eigenvalue weighted by Gasteiger charge is -2.15. The van der Waals surface area contributed by atoms with E-state index in [0.29, 0.717) is 19.3 Å². The summed E-state index contributed by atoms with van der Waals surface area (Å²) in [7, 11) is 0. The molecule has 0 bridgehead atoms. The van der Waals surface area contributed by atoms with Gasteiger partial charge in [0.15, 0.2) is 11.9 Å². The molecule has 0 saturated carbocycles. The fraction of sp³-hybridized carbons (Fsp3) is 0.825. The van der Waals surface area contributed by atoms with Crippen LogP contribution in [-0.4, -0.2) is 42.1 Å². The van der Waals surface area contributed by atoms with Gasteiger partial charge in [0.25, 0.3) is 0 Å². The van der Waals surface area contributed by atoms with Crippen LogP contribution in [0, 0.1) is 5.92 Å². The molecule has 0 unspecified atom stereocenters. The number of hydrogen-bond donors (Lipinski definition) is 1. The molecule has 0 aromatic carbocycles. The predicted octanol–water partition coefficient (Wildman–Crippen LogP) is 10.9. The fourth-order valence-electron chi connectivity index (χ4n) is 5.43. The third kappa shape index (κ3) is 33.4. The number of ketones is 1. The lowest BCUT2D eigenvalue weighted by Crippen LogP contribution is -2.28. The number of rotatable bonds is 34. The summed E-state index contributed by atoms with van der Waals surface area (Å²) in [4.78, 5) is 35.9. The Kier molecular flexibility index (Phi) is 32.9. The first kappa shape index (κ1) is 44.0. The average Bonchev–Trinajstić information content (AvgIpc) is 3.03. The summed E-state index contributed by atoms with van der Waals surface area (Å²) < 4.78 is 10.6. The van der Waals surface area contributed by atoms with E-state index in [4.69, 9.17) is 9.47 Å². The number of aliphatic hydroxyl groups excluding tert-OH is 1. The van der Waals surface area contributed by atoms with E-state index in [2.05, 4.69) is 26.8 Å². The second-order valence-corrected chi connectivity index (χ2v) is 13.5. The van der Waals surface area contributed by atoms with Gasteiger partial charge in [-0.25, -0.2) is 0 Å². The third-order valence-electron chi connectivity index (χ3n) is 8.40. The Bertz CT molecular complexity index is 772. The van der Waals surface area contributed by atoms with Gasteiger partial charge in [0.1, 0.15) is 6.61 Å². The van der Waals surface area contributed by atoms with Crippen LogP contribution in [-0.2, 0) is 23.9 Å². The highest BCUT2D eigenvalue weighted by atomic mass is 16.6. The maximum absolute atomic E-state index is 12.2. The maximum atomic E-state index is 12.2. The molecule has 6 heteroatoms. The minimum atomic E-state index is -0.793. The number of carbonyl (C=O) groups excluding carboxylic acids is 3. The van der Waals surface area contributed by atoms with E-state index in [0.717, 1.165) is 83.0 Å². The molecule has 46 heavy (non-hydrogen) atoms. The van der Waals surface area contributed by atoms with E-state index >= 15 is 0 Å². The quantitative estimate of drug-likeness (QED) is 0.0323. The molecule has 6 nitrogen and oxygen atoms in total. The van der Waals surface area contributed by atoms with Gasteiger partial charge in [-0.3, -0.25) is 14.4 Å². The number of ether oxygens (including phenoxy) is 2. The molecule has 0 aromatic rings. The van der Waals surface area contributed by atoms with Crippen LogP contribution in [0.1, 0.15) is 188 Å². The van der Waals surface area contributed by atoms with Crippen molar-refractivity contribution in [3.05, 3.63) is 24.3 Å². The Morgan fingerprint density at radius 1 is 0.609 bits per heavy atom. The van der Waals surface area contributed by atoms with Crippen molar-refractivity contribution >= 4 is 17.7 Å². The molecule has 268 valence electrons. The first-order chi connectivity index (χ1) is 22.4. The molecule has 0 aliphatic rings. The van der Waals surface area contributed by atoms with E-state index in [1.165, 1.54) is 70.6 Å². The molecule has 0 saturated heterocycles. The van der Waals surface area contributed by atoms with Gasteiger partial charge < -0.3 is 14.6 Å². The van der Waals surface area contributed by atoms with Crippen molar-refractivity contribution in [1.82, 2.24) is 0 Å². The second-order valence-electron chi connectivity index (χ2n) is 13.5. The fourth-order valence-corrected chi connectivity index (χ4v) is 5.43. The van der Waals surface area contributed by atoms with E-state index < -0.39 is 6.10 Å². The van der Waals surface area contributed by atoms with Gasteiger partial charge in [0.2, 0.25) is 0 Å². The summed E-state index contributed by atoms with van der Waals surface area (Å²) in [5.41, 5.74) is 0. The zero-order valence-electron chi connectivity index (χ0n) is 30.3. The van der Waals surface area contributed by atoms with Gasteiger partial charge in [-0.15, -0.1) is 0 Å². The Hall–Kier alpha value is -1.95. The molecule has 0 fully saturated rings. The van der Waals surface area contributed by atoms with Crippen LogP contribution < -0.4 is 0 Å². The van der Waals surface area contributed by atoms with Crippen LogP contribution in [0.4, 0.5) is 0 Å². The van der Waals surface area contributed by atoms with Gasteiger partial charge in [0.05, 0.1) is 6.61 Å². The zero-order valence-corrected chi connectivity index (χ0v) is 30.3. The van der Waals surface area contributed by atoms with Crippen molar-refractivity contribution in [2.45, 2.75) is 194 Å². The SMILES string of the molecule is CCCCCC(=O)/C=C/C=C\CCCCCCCC(=O)OC[C@H](CO)OC(=O)CCCCCCCCCCCCCCCC(C)C. The molecule has 1 N–H and O–H groups in total. The van der Waals surface area contributed by atoms with Crippen LogP contribution in [0.2, 0.25) is 0 Å². The van der Waals surface area contributed by atoms with Gasteiger partial charge in [-0.05, 0) is 44.1 Å². The smallest absolute Gasteiger partial charge is 0.306 e. The van der Waals surface area contributed by atoms with Gasteiger partial charge in [-0.2, -0.15) is 0 Å². The van der Waals surface area contributed by atoms with Crippen molar-refractivity contribution < 1.29 is 29.0 Å². The standard InChI is InChI=1S/C40H72O6/c1-4-5-24-30-37(42)31-26-21-17-13-11-15-18-22-27-32-39(43)45-35-38(34-41)46-40(44)33-28-23-19-14-10-8-6-7-9-12-16-20-25-29-36(2)3/h17,21,26,31,36,38,41H,4-16,18-20,22-25,27-30,32-35H2,1-3H3/b21-17-,31-26+/t38-/m0/s1. The number of carbonyl (C=O) groups is 3. The van der Waals surface area contributed by atoms with Crippen LogP contribution in [0.3, 0.4) is 0 Å². The molecule has 0 heterocycles. The highest BCUT2D eigenvalue weighted by Crippen LogP contribution is 2.15. The van der Waals surface area contributed by atoms with E-state index in [1.54, 1.807) is 6.08 Å². The van der Waals surface area contributed by atoms with Gasteiger partial charge in [-0.1, -0.05) is 155 Å². The van der Waals surface area contributed by atoms with E-state index in [-0.39, 0.29) is 30.9 Å². The minimum absolute atomic E-state index is 0.0929. The Labute approximate surface area is 283 Å². The van der Waals surface area contributed by atoms with Gasteiger partial charge in [0, 0.05) is 19.3 Å². The van der Waals surface area contributed by atoms with Crippen molar-refractivity contribution in [3.63, 3.8) is 0 Å². The summed E-state index contributed by atoms with van der Waals surface area (Å²) in [6.07, 6.45) is 35.0. The number of allylic oxidation sites excluding steroid dienone is 4. The van der Waals surface area contributed by atoms with E-state index in [1.807, 2.05) is 12.2 Å². The number of unbranched alkanes of at least 4 members (excludes halogenated alkanes) is 19. The Balaban J connectivity index is 3.61. The summed E-state index contributed by atoms with van der Waals surface area (Å²) in [6, 6.07) is 0. The van der Waals surface area contributed by atoms with Gasteiger partial charge >= 0.3 is 11.9 Å². The lowest BCUT2D eigenvalue weighted by atomic mass is 10.0. The normalized spacial score (nSPS) is 12.4. The summed E-state index contributed by atoms with van der Waals surface area (Å²) in [5, 5.41) is 9.54.